The summed E-state index contributed by atoms with van der Waals surface area (Å²) in [5.74, 6) is 0.476. The molecule has 0 atom stereocenters. The van der Waals surface area contributed by atoms with Gasteiger partial charge in [-0.3, -0.25) is 14.7 Å². The third-order valence-electron chi connectivity index (χ3n) is 4.31. The number of nitrogens with zero attached hydrogens (tertiary/aromatic N) is 2. The van der Waals surface area contributed by atoms with Crippen molar-refractivity contribution in [3.8, 4) is 0 Å². The lowest BCUT2D eigenvalue weighted by molar-refractivity contribution is -0.124. The molecule has 2 fully saturated rings. The normalized spacial score (nSPS) is 18.8. The Labute approximate surface area is 166 Å². The Morgan fingerprint density at radius 2 is 1.96 bits per heavy atom. The number of urea groups is 1. The Morgan fingerprint density at radius 1 is 1.24 bits per heavy atom. The van der Waals surface area contributed by atoms with E-state index in [2.05, 4.69) is 20.9 Å². The van der Waals surface area contributed by atoms with Gasteiger partial charge in [0.2, 0.25) is 5.91 Å². The number of guanidine groups is 1. The van der Waals surface area contributed by atoms with Gasteiger partial charge in [0.1, 0.15) is 0 Å². The van der Waals surface area contributed by atoms with Crippen LogP contribution in [-0.4, -0.2) is 68.7 Å². The number of ether oxygens (including phenoxy) is 1. The Hall–Kier alpha value is -1.10. The van der Waals surface area contributed by atoms with Gasteiger partial charge < -0.3 is 20.7 Å². The van der Waals surface area contributed by atoms with Gasteiger partial charge in [-0.25, -0.2) is 4.79 Å². The van der Waals surface area contributed by atoms with Gasteiger partial charge in [-0.15, -0.1) is 24.0 Å². The first kappa shape index (κ1) is 21.9. The zero-order chi connectivity index (χ0) is 17.2. The van der Waals surface area contributed by atoms with Crippen LogP contribution in [0.4, 0.5) is 4.79 Å². The van der Waals surface area contributed by atoms with Crippen LogP contribution in [0, 0.1) is 0 Å². The smallest absolute Gasteiger partial charge is 0.324 e. The number of rotatable bonds is 8. The molecule has 3 amide bonds. The molecule has 1 saturated carbocycles. The molecule has 0 spiro atoms. The van der Waals surface area contributed by atoms with Crippen LogP contribution in [0.5, 0.6) is 0 Å². The van der Waals surface area contributed by atoms with E-state index in [9.17, 15) is 9.59 Å². The fourth-order valence-corrected chi connectivity index (χ4v) is 2.95. The maximum absolute atomic E-state index is 11.5. The Kier molecular flexibility index (Phi) is 10.8. The second-order valence-electron chi connectivity index (χ2n) is 6.11. The molecule has 9 heteroatoms. The van der Waals surface area contributed by atoms with Crippen molar-refractivity contribution in [2.45, 2.75) is 44.6 Å². The molecule has 144 valence electrons. The van der Waals surface area contributed by atoms with Gasteiger partial charge in [0.25, 0.3) is 0 Å². The first-order chi connectivity index (χ1) is 11.7. The van der Waals surface area contributed by atoms with Crippen LogP contribution in [0.15, 0.2) is 4.99 Å². The monoisotopic (exact) mass is 467 g/mol. The van der Waals surface area contributed by atoms with Crippen molar-refractivity contribution in [2.75, 3.05) is 39.8 Å². The summed E-state index contributed by atoms with van der Waals surface area (Å²) < 4.78 is 5.88. The second kappa shape index (κ2) is 12.3. The lowest BCUT2D eigenvalue weighted by Gasteiger charge is -2.22. The van der Waals surface area contributed by atoms with Gasteiger partial charge in [0.15, 0.2) is 5.96 Å². The summed E-state index contributed by atoms with van der Waals surface area (Å²) in [5, 5.41) is 8.81. The molecule has 1 aliphatic carbocycles. The topological polar surface area (TPSA) is 95.1 Å². The van der Waals surface area contributed by atoms with Crippen LogP contribution < -0.4 is 16.0 Å². The number of hydrogen-bond acceptors (Lipinski definition) is 4. The maximum Gasteiger partial charge on any atom is 0.324 e. The highest BCUT2D eigenvalue weighted by molar-refractivity contribution is 14.0. The summed E-state index contributed by atoms with van der Waals surface area (Å²) in [6.45, 7) is 2.42. The SMILES string of the molecule is CN=C(NCCCOC1CCCCC1)NCCN1C(=O)CNC1=O.I. The molecule has 0 aromatic carbocycles. The fourth-order valence-electron chi connectivity index (χ4n) is 2.95. The van der Waals surface area contributed by atoms with E-state index in [1.54, 1.807) is 7.05 Å². The predicted molar refractivity (Wildman–Crippen MR) is 107 cm³/mol. The number of carbonyl (C=O) groups is 2. The van der Waals surface area contributed by atoms with Crippen molar-refractivity contribution in [1.82, 2.24) is 20.9 Å². The molecule has 0 radical (unpaired) electrons. The average molecular weight is 467 g/mol. The predicted octanol–water partition coefficient (Wildman–Crippen LogP) is 1.06. The number of hydrogen-bond donors (Lipinski definition) is 3. The quantitative estimate of drug-likeness (QED) is 0.163. The highest BCUT2D eigenvalue weighted by atomic mass is 127. The van der Waals surface area contributed by atoms with Crippen LogP contribution in [0.2, 0.25) is 0 Å². The maximum atomic E-state index is 11.5. The Morgan fingerprint density at radius 3 is 2.60 bits per heavy atom. The lowest BCUT2D eigenvalue weighted by atomic mass is 9.98. The van der Waals surface area contributed by atoms with Crippen LogP contribution in [0.25, 0.3) is 0 Å². The molecule has 1 heterocycles. The summed E-state index contributed by atoms with van der Waals surface area (Å²) in [7, 11) is 1.70. The van der Waals surface area contributed by atoms with Gasteiger partial charge in [-0.1, -0.05) is 19.3 Å². The lowest BCUT2D eigenvalue weighted by Crippen LogP contribution is -2.43. The van der Waals surface area contributed by atoms with E-state index in [-0.39, 0.29) is 42.5 Å². The molecular weight excluding hydrogens is 437 g/mol. The van der Waals surface area contributed by atoms with Gasteiger partial charge in [0.05, 0.1) is 12.6 Å². The summed E-state index contributed by atoms with van der Waals surface area (Å²) in [6.07, 6.45) is 7.67. The molecule has 2 rings (SSSR count). The minimum absolute atomic E-state index is 0. The van der Waals surface area contributed by atoms with Crippen molar-refractivity contribution in [3.63, 3.8) is 0 Å². The van der Waals surface area contributed by atoms with Crippen molar-refractivity contribution in [1.29, 1.82) is 0 Å². The number of aliphatic imine (C=N–C) groups is 1. The van der Waals surface area contributed by atoms with E-state index < -0.39 is 0 Å². The molecule has 25 heavy (non-hydrogen) atoms. The number of imide groups is 1. The number of halogens is 1. The van der Waals surface area contributed by atoms with Crippen LogP contribution in [-0.2, 0) is 9.53 Å². The molecular formula is C16H30IN5O3. The van der Waals surface area contributed by atoms with Crippen LogP contribution in [0.1, 0.15) is 38.5 Å². The summed E-state index contributed by atoms with van der Waals surface area (Å²) in [6, 6.07) is -0.329. The van der Waals surface area contributed by atoms with Crippen molar-refractivity contribution >= 4 is 41.9 Å². The van der Waals surface area contributed by atoms with Crippen molar-refractivity contribution in [3.05, 3.63) is 0 Å². The summed E-state index contributed by atoms with van der Waals surface area (Å²) in [4.78, 5) is 28.2. The summed E-state index contributed by atoms with van der Waals surface area (Å²) >= 11 is 0. The zero-order valence-corrected chi connectivity index (χ0v) is 17.2. The van der Waals surface area contributed by atoms with E-state index in [0.29, 0.717) is 25.2 Å². The van der Waals surface area contributed by atoms with Gasteiger partial charge in [-0.2, -0.15) is 0 Å². The third-order valence-corrected chi connectivity index (χ3v) is 4.31. The molecule has 1 aliphatic heterocycles. The van der Waals surface area contributed by atoms with E-state index in [4.69, 9.17) is 4.74 Å². The first-order valence-electron chi connectivity index (χ1n) is 8.85. The standard InChI is InChI=1S/C16H29N5O3.HI/c1-17-15(19-9-10-21-14(22)12-20-16(21)23)18-8-5-11-24-13-6-3-2-4-7-13;/h13H,2-12H2,1H3,(H,20,23)(H2,17,18,19);1H. The molecule has 2 aliphatic rings. The largest absolute Gasteiger partial charge is 0.378 e. The van der Waals surface area contributed by atoms with Gasteiger partial charge >= 0.3 is 6.03 Å². The Bertz CT molecular complexity index is 439. The van der Waals surface area contributed by atoms with Crippen molar-refractivity contribution in [2.24, 2.45) is 4.99 Å². The summed E-state index contributed by atoms with van der Waals surface area (Å²) in [5.41, 5.74) is 0. The average Bonchev–Trinajstić information content (AvgIpc) is 2.92. The molecule has 1 saturated heterocycles. The minimum atomic E-state index is -0.329. The highest BCUT2D eigenvalue weighted by Gasteiger charge is 2.27. The molecule has 8 nitrogen and oxygen atoms in total. The molecule has 0 unspecified atom stereocenters. The molecule has 0 aromatic rings. The van der Waals surface area contributed by atoms with Crippen molar-refractivity contribution < 1.29 is 14.3 Å². The number of amides is 3. The molecule has 0 aromatic heterocycles. The zero-order valence-electron chi connectivity index (χ0n) is 14.9. The van der Waals surface area contributed by atoms with E-state index >= 15 is 0 Å². The second-order valence-corrected chi connectivity index (χ2v) is 6.11. The number of carbonyl (C=O) groups excluding carboxylic acids is 2. The fraction of sp³-hybridized carbons (Fsp3) is 0.812. The van der Waals surface area contributed by atoms with E-state index in [1.807, 2.05) is 0 Å². The van der Waals surface area contributed by atoms with Gasteiger partial charge in [-0.05, 0) is 19.3 Å². The molecule has 3 N–H and O–H groups in total. The van der Waals surface area contributed by atoms with Gasteiger partial charge in [0, 0.05) is 33.3 Å². The third kappa shape index (κ3) is 7.76. The van der Waals surface area contributed by atoms with Crippen LogP contribution in [0.3, 0.4) is 0 Å². The first-order valence-corrected chi connectivity index (χ1v) is 8.85. The highest BCUT2D eigenvalue weighted by Crippen LogP contribution is 2.20. The number of nitrogens with one attached hydrogen (secondary N) is 3. The van der Waals surface area contributed by atoms with Crippen LogP contribution >= 0.6 is 24.0 Å². The van der Waals surface area contributed by atoms with E-state index in [1.165, 1.54) is 37.0 Å². The minimum Gasteiger partial charge on any atom is -0.378 e. The van der Waals surface area contributed by atoms with E-state index in [0.717, 1.165) is 19.6 Å². The Balaban J connectivity index is 0.00000312. The molecule has 0 bridgehead atoms.